The number of anilines is 1. The van der Waals surface area contributed by atoms with Gasteiger partial charge in [-0.25, -0.2) is 4.79 Å². The van der Waals surface area contributed by atoms with Gasteiger partial charge in [0.25, 0.3) is 0 Å². The predicted octanol–water partition coefficient (Wildman–Crippen LogP) is 2.72. The number of nitrogens with one attached hydrogen (secondary N) is 2. The largest absolute Gasteiger partial charge is 0.387 e. The Labute approximate surface area is 129 Å². The summed E-state index contributed by atoms with van der Waals surface area (Å²) in [4.78, 5) is 11.8. The number of aryl methyl sites for hydroxylation is 1. The number of aliphatic hydroxyl groups excluding tert-OH is 1. The van der Waals surface area contributed by atoms with Crippen LogP contribution in [0.1, 0.15) is 22.8 Å². The Kier molecular flexibility index (Phi) is 5.12. The number of hydrogen-bond donors (Lipinski definition) is 3. The second kappa shape index (κ2) is 7.25. The van der Waals surface area contributed by atoms with E-state index in [2.05, 4.69) is 10.6 Å². The average molecular weight is 295 g/mol. The standard InChI is InChI=1S/C17H17N3O2/c1-12-4-2-3-5-15(12)16(21)11-19-17(22)20-14-8-6-13(10-18)7-9-14/h2-9,16,21H,11H2,1H3,(H2,19,20,22). The Balaban J connectivity index is 1.87. The van der Waals surface area contributed by atoms with E-state index in [0.29, 0.717) is 11.3 Å². The summed E-state index contributed by atoms with van der Waals surface area (Å²) < 4.78 is 0. The quantitative estimate of drug-likeness (QED) is 0.810. The molecular formula is C17H17N3O2. The number of urea groups is 1. The number of amides is 2. The lowest BCUT2D eigenvalue weighted by molar-refractivity contribution is 0.174. The summed E-state index contributed by atoms with van der Waals surface area (Å²) in [5.74, 6) is 0. The van der Waals surface area contributed by atoms with Crippen molar-refractivity contribution in [2.24, 2.45) is 0 Å². The molecule has 0 bridgehead atoms. The third-order valence-corrected chi connectivity index (χ3v) is 3.28. The zero-order valence-electron chi connectivity index (χ0n) is 12.2. The molecule has 0 fully saturated rings. The summed E-state index contributed by atoms with van der Waals surface area (Å²) in [5.41, 5.74) is 2.88. The highest BCUT2D eigenvalue weighted by molar-refractivity contribution is 5.89. The molecule has 0 aromatic heterocycles. The van der Waals surface area contributed by atoms with Crippen LogP contribution >= 0.6 is 0 Å². The van der Waals surface area contributed by atoms with E-state index in [1.54, 1.807) is 24.3 Å². The van der Waals surface area contributed by atoms with Gasteiger partial charge in [-0.05, 0) is 42.3 Å². The van der Waals surface area contributed by atoms with Gasteiger partial charge >= 0.3 is 6.03 Å². The zero-order valence-corrected chi connectivity index (χ0v) is 12.2. The highest BCUT2D eigenvalue weighted by Gasteiger charge is 2.11. The maximum Gasteiger partial charge on any atom is 0.319 e. The van der Waals surface area contributed by atoms with E-state index >= 15 is 0 Å². The van der Waals surface area contributed by atoms with E-state index in [1.807, 2.05) is 37.3 Å². The first-order valence-corrected chi connectivity index (χ1v) is 6.89. The van der Waals surface area contributed by atoms with Crippen molar-refractivity contribution >= 4 is 11.7 Å². The van der Waals surface area contributed by atoms with Gasteiger partial charge in [-0.3, -0.25) is 0 Å². The van der Waals surface area contributed by atoms with Crippen LogP contribution in [0.15, 0.2) is 48.5 Å². The van der Waals surface area contributed by atoms with E-state index in [1.165, 1.54) is 0 Å². The number of nitrogens with zero attached hydrogens (tertiary/aromatic N) is 1. The van der Waals surface area contributed by atoms with Crippen LogP contribution in [0, 0.1) is 18.3 Å². The molecule has 1 atom stereocenters. The van der Waals surface area contributed by atoms with Gasteiger partial charge in [-0.15, -0.1) is 0 Å². The van der Waals surface area contributed by atoms with Gasteiger partial charge in [0.2, 0.25) is 0 Å². The molecule has 2 rings (SSSR count). The SMILES string of the molecule is Cc1ccccc1C(O)CNC(=O)Nc1ccc(C#N)cc1. The van der Waals surface area contributed by atoms with Crippen molar-refractivity contribution in [1.82, 2.24) is 5.32 Å². The van der Waals surface area contributed by atoms with Crippen LogP contribution in [-0.4, -0.2) is 17.7 Å². The molecule has 22 heavy (non-hydrogen) atoms. The molecular weight excluding hydrogens is 278 g/mol. The Morgan fingerprint density at radius 3 is 2.55 bits per heavy atom. The van der Waals surface area contributed by atoms with Crippen molar-refractivity contribution in [1.29, 1.82) is 5.26 Å². The predicted molar refractivity (Wildman–Crippen MR) is 84.3 cm³/mol. The molecule has 112 valence electrons. The summed E-state index contributed by atoms with van der Waals surface area (Å²) in [6.07, 6.45) is -0.757. The van der Waals surface area contributed by atoms with Gasteiger partial charge in [-0.1, -0.05) is 24.3 Å². The van der Waals surface area contributed by atoms with Crippen LogP contribution in [0.25, 0.3) is 0 Å². The molecule has 0 aliphatic rings. The minimum Gasteiger partial charge on any atom is -0.387 e. The topological polar surface area (TPSA) is 85.2 Å². The van der Waals surface area contributed by atoms with Crippen LogP contribution in [0.4, 0.5) is 10.5 Å². The highest BCUT2D eigenvalue weighted by Crippen LogP contribution is 2.16. The molecule has 3 N–H and O–H groups in total. The molecule has 5 heteroatoms. The van der Waals surface area contributed by atoms with E-state index in [-0.39, 0.29) is 6.54 Å². The van der Waals surface area contributed by atoms with Crippen molar-refractivity contribution < 1.29 is 9.90 Å². The molecule has 0 aliphatic heterocycles. The number of carbonyl (C=O) groups excluding carboxylic acids is 1. The fraction of sp³-hybridized carbons (Fsp3) is 0.176. The van der Waals surface area contributed by atoms with Crippen LogP contribution in [0.2, 0.25) is 0 Å². The Bertz CT molecular complexity index is 690. The summed E-state index contributed by atoms with van der Waals surface area (Å²) in [5, 5.41) is 24.1. The van der Waals surface area contributed by atoms with Gasteiger partial charge in [0.1, 0.15) is 0 Å². The van der Waals surface area contributed by atoms with Gasteiger partial charge in [0.05, 0.1) is 17.7 Å². The maximum absolute atomic E-state index is 11.8. The third-order valence-electron chi connectivity index (χ3n) is 3.28. The zero-order chi connectivity index (χ0) is 15.9. The minimum atomic E-state index is -0.757. The first-order valence-electron chi connectivity index (χ1n) is 6.89. The lowest BCUT2D eigenvalue weighted by atomic mass is 10.0. The van der Waals surface area contributed by atoms with E-state index in [4.69, 9.17) is 5.26 Å². The highest BCUT2D eigenvalue weighted by atomic mass is 16.3. The van der Waals surface area contributed by atoms with Crippen LogP contribution in [0.5, 0.6) is 0 Å². The normalized spacial score (nSPS) is 11.3. The van der Waals surface area contributed by atoms with Crippen LogP contribution in [0.3, 0.4) is 0 Å². The molecule has 0 saturated carbocycles. The lowest BCUT2D eigenvalue weighted by Crippen LogP contribution is -2.32. The van der Waals surface area contributed by atoms with Gasteiger partial charge in [0, 0.05) is 12.2 Å². The van der Waals surface area contributed by atoms with E-state index < -0.39 is 12.1 Å². The van der Waals surface area contributed by atoms with Crippen molar-refractivity contribution in [3.05, 3.63) is 65.2 Å². The number of aliphatic hydroxyl groups is 1. The fourth-order valence-electron chi connectivity index (χ4n) is 2.06. The molecule has 2 aromatic rings. The van der Waals surface area contributed by atoms with Crippen molar-refractivity contribution in [3.8, 4) is 6.07 Å². The fourth-order valence-corrected chi connectivity index (χ4v) is 2.06. The smallest absolute Gasteiger partial charge is 0.319 e. The molecule has 2 amide bonds. The number of rotatable bonds is 4. The van der Waals surface area contributed by atoms with E-state index in [9.17, 15) is 9.90 Å². The second-order valence-corrected chi connectivity index (χ2v) is 4.90. The lowest BCUT2D eigenvalue weighted by Gasteiger charge is -2.15. The number of benzene rings is 2. The van der Waals surface area contributed by atoms with Crippen LogP contribution in [-0.2, 0) is 0 Å². The first-order chi connectivity index (χ1) is 10.6. The molecule has 1 unspecified atom stereocenters. The molecule has 0 radical (unpaired) electrons. The monoisotopic (exact) mass is 295 g/mol. The van der Waals surface area contributed by atoms with Crippen molar-refractivity contribution in [3.63, 3.8) is 0 Å². The molecule has 5 nitrogen and oxygen atoms in total. The third kappa shape index (κ3) is 4.08. The maximum atomic E-state index is 11.8. The van der Waals surface area contributed by atoms with E-state index in [0.717, 1.165) is 11.1 Å². The molecule has 2 aromatic carbocycles. The summed E-state index contributed by atoms with van der Waals surface area (Å²) in [7, 11) is 0. The van der Waals surface area contributed by atoms with Gasteiger partial charge in [0.15, 0.2) is 0 Å². The Morgan fingerprint density at radius 1 is 1.23 bits per heavy atom. The Hall–Kier alpha value is -2.84. The molecule has 0 heterocycles. The van der Waals surface area contributed by atoms with Gasteiger partial charge in [-0.2, -0.15) is 5.26 Å². The Morgan fingerprint density at radius 2 is 1.91 bits per heavy atom. The van der Waals surface area contributed by atoms with Gasteiger partial charge < -0.3 is 15.7 Å². The second-order valence-electron chi connectivity index (χ2n) is 4.90. The van der Waals surface area contributed by atoms with Crippen molar-refractivity contribution in [2.75, 3.05) is 11.9 Å². The van der Waals surface area contributed by atoms with Crippen molar-refractivity contribution in [2.45, 2.75) is 13.0 Å². The minimum absolute atomic E-state index is 0.118. The number of carbonyl (C=O) groups is 1. The summed E-state index contributed by atoms with van der Waals surface area (Å²) in [6, 6.07) is 15.6. The molecule has 0 aliphatic carbocycles. The summed E-state index contributed by atoms with van der Waals surface area (Å²) >= 11 is 0. The number of nitriles is 1. The summed E-state index contributed by atoms with van der Waals surface area (Å²) in [6.45, 7) is 2.03. The first kappa shape index (κ1) is 15.5. The molecule has 0 saturated heterocycles. The van der Waals surface area contributed by atoms with Crippen LogP contribution < -0.4 is 10.6 Å². The average Bonchev–Trinajstić information content (AvgIpc) is 2.54. The number of hydrogen-bond acceptors (Lipinski definition) is 3. The molecule has 0 spiro atoms.